The highest BCUT2D eigenvalue weighted by Gasteiger charge is 2.30. The summed E-state index contributed by atoms with van der Waals surface area (Å²) in [4.78, 5) is 15.2. The number of hydrogen-bond donors (Lipinski definition) is 0. The zero-order valence-electron chi connectivity index (χ0n) is 11.7. The molecule has 1 aliphatic rings. The minimum absolute atomic E-state index is 0.100. The predicted molar refractivity (Wildman–Crippen MR) is 84.2 cm³/mol. The Morgan fingerprint density at radius 1 is 1.15 bits per heavy atom. The largest absolute Gasteiger partial charge is 0.303 e. The molecular formula is C17H17NOS. The van der Waals surface area contributed by atoms with E-state index in [-0.39, 0.29) is 11.9 Å². The van der Waals surface area contributed by atoms with Gasteiger partial charge in [-0.1, -0.05) is 42.0 Å². The zero-order chi connectivity index (χ0) is 14.1. The van der Waals surface area contributed by atoms with Gasteiger partial charge in [0.2, 0.25) is 5.91 Å². The molecule has 2 aromatic rings. The SMILES string of the molecule is CC(=O)N1c2ccccc2SC[C@@H]1c1ccc(C)cc1. The first-order valence-electron chi connectivity index (χ1n) is 6.75. The summed E-state index contributed by atoms with van der Waals surface area (Å²) < 4.78 is 0. The highest BCUT2D eigenvalue weighted by atomic mass is 32.2. The molecule has 0 spiro atoms. The third-order valence-corrected chi connectivity index (χ3v) is 4.77. The summed E-state index contributed by atoms with van der Waals surface area (Å²) in [6, 6.07) is 16.7. The second-order valence-electron chi connectivity index (χ2n) is 5.09. The quantitative estimate of drug-likeness (QED) is 0.782. The summed E-state index contributed by atoms with van der Waals surface area (Å²) in [5.74, 6) is 1.00. The van der Waals surface area contributed by atoms with E-state index in [0.29, 0.717) is 0 Å². The van der Waals surface area contributed by atoms with Gasteiger partial charge in [-0.3, -0.25) is 4.79 Å². The second kappa shape index (κ2) is 5.33. The van der Waals surface area contributed by atoms with Crippen LogP contribution in [0.3, 0.4) is 0 Å². The normalized spacial score (nSPS) is 17.7. The highest BCUT2D eigenvalue weighted by molar-refractivity contribution is 7.99. The lowest BCUT2D eigenvalue weighted by Gasteiger charge is -2.36. The van der Waals surface area contributed by atoms with Gasteiger partial charge in [-0.05, 0) is 24.6 Å². The lowest BCUT2D eigenvalue weighted by molar-refractivity contribution is -0.117. The molecule has 0 saturated carbocycles. The van der Waals surface area contributed by atoms with Gasteiger partial charge in [-0.2, -0.15) is 0 Å². The molecule has 0 aromatic heterocycles. The lowest BCUT2D eigenvalue weighted by atomic mass is 10.0. The molecule has 2 nitrogen and oxygen atoms in total. The molecule has 1 atom stereocenters. The van der Waals surface area contributed by atoms with E-state index < -0.39 is 0 Å². The number of carbonyl (C=O) groups is 1. The van der Waals surface area contributed by atoms with Crippen LogP contribution in [0.1, 0.15) is 24.1 Å². The number of nitrogens with zero attached hydrogens (tertiary/aromatic N) is 1. The van der Waals surface area contributed by atoms with Crippen molar-refractivity contribution in [3.05, 3.63) is 59.7 Å². The van der Waals surface area contributed by atoms with Gasteiger partial charge in [0.15, 0.2) is 0 Å². The first kappa shape index (κ1) is 13.3. The molecule has 1 aliphatic heterocycles. The van der Waals surface area contributed by atoms with Crippen molar-refractivity contribution in [2.24, 2.45) is 0 Å². The number of para-hydroxylation sites is 1. The van der Waals surface area contributed by atoms with Crippen molar-refractivity contribution in [1.29, 1.82) is 0 Å². The predicted octanol–water partition coefficient (Wildman–Crippen LogP) is 4.19. The van der Waals surface area contributed by atoms with Gasteiger partial charge < -0.3 is 4.90 Å². The van der Waals surface area contributed by atoms with E-state index in [0.717, 1.165) is 11.4 Å². The highest BCUT2D eigenvalue weighted by Crippen LogP contribution is 2.42. The van der Waals surface area contributed by atoms with E-state index in [1.54, 1.807) is 6.92 Å². The summed E-state index contributed by atoms with van der Waals surface area (Å²) in [6.45, 7) is 3.73. The van der Waals surface area contributed by atoms with Crippen molar-refractivity contribution in [1.82, 2.24) is 0 Å². The molecule has 0 unspecified atom stereocenters. The summed E-state index contributed by atoms with van der Waals surface area (Å²) in [5.41, 5.74) is 3.47. The average Bonchev–Trinajstić information content (AvgIpc) is 2.46. The van der Waals surface area contributed by atoms with Crippen molar-refractivity contribution in [2.75, 3.05) is 10.7 Å². The summed E-state index contributed by atoms with van der Waals surface area (Å²) in [7, 11) is 0. The second-order valence-corrected chi connectivity index (χ2v) is 6.16. The lowest BCUT2D eigenvalue weighted by Crippen LogP contribution is -2.37. The van der Waals surface area contributed by atoms with E-state index in [4.69, 9.17) is 0 Å². The van der Waals surface area contributed by atoms with Gasteiger partial charge >= 0.3 is 0 Å². The van der Waals surface area contributed by atoms with E-state index in [9.17, 15) is 4.79 Å². The van der Waals surface area contributed by atoms with Gasteiger partial charge in [0.05, 0.1) is 11.7 Å². The Labute approximate surface area is 123 Å². The molecular weight excluding hydrogens is 266 g/mol. The third-order valence-electron chi connectivity index (χ3n) is 3.63. The van der Waals surface area contributed by atoms with E-state index >= 15 is 0 Å². The van der Waals surface area contributed by atoms with E-state index in [1.807, 2.05) is 34.9 Å². The minimum atomic E-state index is 0.100. The molecule has 0 radical (unpaired) electrons. The fraction of sp³-hybridized carbons (Fsp3) is 0.235. The molecule has 0 N–H and O–H groups in total. The van der Waals surface area contributed by atoms with Crippen LogP contribution in [0.4, 0.5) is 5.69 Å². The van der Waals surface area contributed by atoms with Crippen LogP contribution in [0.5, 0.6) is 0 Å². The Bertz CT molecular complexity index is 636. The number of anilines is 1. The van der Waals surface area contributed by atoms with Gasteiger partial charge in [0.1, 0.15) is 0 Å². The van der Waals surface area contributed by atoms with Gasteiger partial charge in [0, 0.05) is 17.6 Å². The molecule has 1 amide bonds. The molecule has 102 valence electrons. The van der Waals surface area contributed by atoms with Crippen LogP contribution >= 0.6 is 11.8 Å². The Hall–Kier alpha value is -1.74. The van der Waals surface area contributed by atoms with Gasteiger partial charge in [-0.25, -0.2) is 0 Å². The summed E-state index contributed by atoms with van der Waals surface area (Å²) in [5, 5.41) is 0. The molecule has 3 rings (SSSR count). The van der Waals surface area contributed by atoms with Crippen LogP contribution in [-0.4, -0.2) is 11.7 Å². The fourth-order valence-corrected chi connectivity index (χ4v) is 3.78. The van der Waals surface area contributed by atoms with Crippen molar-refractivity contribution >= 4 is 23.4 Å². The molecule has 0 bridgehead atoms. The number of aryl methyl sites for hydroxylation is 1. The fourth-order valence-electron chi connectivity index (χ4n) is 2.61. The smallest absolute Gasteiger partial charge is 0.224 e. The first-order chi connectivity index (χ1) is 9.66. The number of hydrogen-bond acceptors (Lipinski definition) is 2. The monoisotopic (exact) mass is 283 g/mol. The molecule has 3 heteroatoms. The average molecular weight is 283 g/mol. The number of carbonyl (C=O) groups excluding carboxylic acids is 1. The number of thioether (sulfide) groups is 1. The Morgan fingerprint density at radius 2 is 1.85 bits per heavy atom. The van der Waals surface area contributed by atoms with Crippen molar-refractivity contribution in [3.63, 3.8) is 0 Å². The molecule has 0 fully saturated rings. The van der Waals surface area contributed by atoms with Gasteiger partial charge in [-0.15, -0.1) is 11.8 Å². The standard InChI is InChI=1S/C17H17NOS/c1-12-7-9-14(10-8-12)16-11-20-17-6-4-3-5-15(17)18(16)13(2)19/h3-10,16H,11H2,1-2H3/t16-/m1/s1. The Balaban J connectivity index is 2.04. The Morgan fingerprint density at radius 3 is 2.55 bits per heavy atom. The number of benzene rings is 2. The van der Waals surface area contributed by atoms with Crippen LogP contribution in [-0.2, 0) is 4.79 Å². The van der Waals surface area contributed by atoms with Crippen LogP contribution < -0.4 is 4.90 Å². The maximum atomic E-state index is 12.1. The summed E-state index contributed by atoms with van der Waals surface area (Å²) in [6.07, 6.45) is 0. The molecule has 1 heterocycles. The van der Waals surface area contributed by atoms with Crippen molar-refractivity contribution in [2.45, 2.75) is 24.8 Å². The molecule has 20 heavy (non-hydrogen) atoms. The maximum absolute atomic E-state index is 12.1. The zero-order valence-corrected chi connectivity index (χ0v) is 12.5. The third kappa shape index (κ3) is 2.34. The topological polar surface area (TPSA) is 20.3 Å². The first-order valence-corrected chi connectivity index (χ1v) is 7.73. The van der Waals surface area contributed by atoms with Gasteiger partial charge in [0.25, 0.3) is 0 Å². The number of rotatable bonds is 1. The van der Waals surface area contributed by atoms with Crippen LogP contribution in [0.25, 0.3) is 0 Å². The summed E-state index contributed by atoms with van der Waals surface area (Å²) >= 11 is 1.82. The molecule has 0 saturated heterocycles. The van der Waals surface area contributed by atoms with Crippen LogP contribution in [0.15, 0.2) is 53.4 Å². The van der Waals surface area contributed by atoms with Crippen molar-refractivity contribution < 1.29 is 4.79 Å². The molecule has 0 aliphatic carbocycles. The van der Waals surface area contributed by atoms with Crippen LogP contribution in [0, 0.1) is 6.92 Å². The van der Waals surface area contributed by atoms with Crippen molar-refractivity contribution in [3.8, 4) is 0 Å². The number of fused-ring (bicyclic) bond motifs is 1. The van der Waals surface area contributed by atoms with Crippen LogP contribution in [0.2, 0.25) is 0 Å². The number of amides is 1. The van der Waals surface area contributed by atoms with E-state index in [1.165, 1.54) is 16.0 Å². The minimum Gasteiger partial charge on any atom is -0.303 e. The Kier molecular flexibility index (Phi) is 3.53. The van der Waals surface area contributed by atoms with E-state index in [2.05, 4.69) is 37.3 Å². The molecule has 2 aromatic carbocycles. The maximum Gasteiger partial charge on any atom is 0.224 e.